The Labute approximate surface area is 171 Å². The van der Waals surface area contributed by atoms with Crippen molar-refractivity contribution in [2.45, 2.75) is 19.0 Å². The van der Waals surface area contributed by atoms with Crippen LogP contribution in [0.3, 0.4) is 0 Å². The van der Waals surface area contributed by atoms with E-state index in [1.54, 1.807) is 6.07 Å². The van der Waals surface area contributed by atoms with Gasteiger partial charge in [-0.25, -0.2) is 8.78 Å². The predicted molar refractivity (Wildman–Crippen MR) is 104 cm³/mol. The van der Waals surface area contributed by atoms with Gasteiger partial charge in [0.05, 0.1) is 11.3 Å². The van der Waals surface area contributed by atoms with Crippen molar-refractivity contribution in [2.75, 3.05) is 43.4 Å². The van der Waals surface area contributed by atoms with Gasteiger partial charge in [0.2, 0.25) is 5.91 Å². The number of piperazine rings is 1. The average Bonchev–Trinajstić information content (AvgIpc) is 2.69. The van der Waals surface area contributed by atoms with E-state index in [0.29, 0.717) is 24.3 Å². The minimum Gasteiger partial charge on any atom is -0.369 e. The molecule has 162 valence electrons. The largest absolute Gasteiger partial charge is 0.418 e. The van der Waals surface area contributed by atoms with Crippen LogP contribution >= 0.6 is 0 Å². The summed E-state index contributed by atoms with van der Waals surface area (Å²) in [5, 5.41) is 2.30. The second-order valence-electron chi connectivity index (χ2n) is 7.31. The second kappa shape index (κ2) is 8.99. The van der Waals surface area contributed by atoms with Crippen molar-refractivity contribution in [3.05, 3.63) is 59.2 Å². The van der Waals surface area contributed by atoms with Gasteiger partial charge < -0.3 is 15.1 Å². The second-order valence-corrected chi connectivity index (χ2v) is 7.31. The number of hydrogen-bond donors (Lipinski definition) is 1. The Kier molecular flexibility index (Phi) is 6.60. The summed E-state index contributed by atoms with van der Waals surface area (Å²) in [5.41, 5.74) is -0.406. The highest BCUT2D eigenvalue weighted by Gasteiger charge is 2.35. The fourth-order valence-electron chi connectivity index (χ4n) is 3.30. The van der Waals surface area contributed by atoms with E-state index in [-0.39, 0.29) is 18.5 Å². The molecule has 4 nitrogen and oxygen atoms in total. The number of rotatable bonds is 5. The molecule has 0 spiro atoms. The number of carbonyl (C=O) groups is 1. The molecule has 3 rings (SSSR count). The minimum atomic E-state index is -4.63. The number of amides is 1. The van der Waals surface area contributed by atoms with Crippen molar-refractivity contribution in [3.8, 4) is 0 Å². The molecule has 0 saturated carbocycles. The van der Waals surface area contributed by atoms with Crippen LogP contribution in [0, 0.1) is 11.6 Å². The van der Waals surface area contributed by atoms with Gasteiger partial charge >= 0.3 is 6.18 Å². The van der Waals surface area contributed by atoms with E-state index in [0.717, 1.165) is 31.3 Å². The maximum atomic E-state index is 13.6. The van der Waals surface area contributed by atoms with Crippen molar-refractivity contribution >= 4 is 17.3 Å². The van der Waals surface area contributed by atoms with Gasteiger partial charge in [-0.05, 0) is 49.4 Å². The molecule has 0 aliphatic carbocycles. The summed E-state index contributed by atoms with van der Waals surface area (Å²) >= 11 is 0. The Balaban J connectivity index is 1.70. The van der Waals surface area contributed by atoms with Crippen molar-refractivity contribution in [1.29, 1.82) is 0 Å². The summed E-state index contributed by atoms with van der Waals surface area (Å²) in [4.78, 5) is 16.2. The molecule has 0 radical (unpaired) electrons. The number of aryl methyl sites for hydroxylation is 1. The topological polar surface area (TPSA) is 35.6 Å². The summed E-state index contributed by atoms with van der Waals surface area (Å²) in [6, 6.07) is 7.11. The number of likely N-dealkylation sites (N-methyl/N-ethyl adjacent to an activating group) is 1. The smallest absolute Gasteiger partial charge is 0.369 e. The van der Waals surface area contributed by atoms with Crippen LogP contribution in [0.2, 0.25) is 0 Å². The number of anilines is 2. The quantitative estimate of drug-likeness (QED) is 0.723. The maximum Gasteiger partial charge on any atom is 0.418 e. The molecule has 1 aliphatic heterocycles. The van der Waals surface area contributed by atoms with E-state index in [1.165, 1.54) is 12.1 Å². The Bertz CT molecular complexity index is 908. The van der Waals surface area contributed by atoms with Gasteiger partial charge in [-0.15, -0.1) is 0 Å². The third-order valence-electron chi connectivity index (χ3n) is 5.08. The van der Waals surface area contributed by atoms with Gasteiger partial charge in [0.1, 0.15) is 0 Å². The molecule has 2 aromatic rings. The van der Waals surface area contributed by atoms with Gasteiger partial charge in [0, 0.05) is 38.3 Å². The first-order valence-corrected chi connectivity index (χ1v) is 9.52. The van der Waals surface area contributed by atoms with Gasteiger partial charge in [-0.2, -0.15) is 13.2 Å². The highest BCUT2D eigenvalue weighted by Crippen LogP contribution is 2.37. The van der Waals surface area contributed by atoms with Gasteiger partial charge in [0.15, 0.2) is 11.6 Å². The summed E-state index contributed by atoms with van der Waals surface area (Å²) < 4.78 is 67.0. The van der Waals surface area contributed by atoms with Gasteiger partial charge in [0.25, 0.3) is 0 Å². The standard InChI is InChI=1S/C21H22F5N3O/c1-28-8-10-29(11-9-28)15-4-6-19(16(13-15)21(24,25)26)27-20(30)7-3-14-2-5-17(22)18(23)12-14/h2,4-6,12-13H,3,7-11H2,1H3,(H,27,30). The van der Waals surface area contributed by atoms with Crippen LogP contribution in [0.25, 0.3) is 0 Å². The molecule has 1 aliphatic rings. The number of hydrogen-bond acceptors (Lipinski definition) is 3. The van der Waals surface area contributed by atoms with Crippen LogP contribution in [0.5, 0.6) is 0 Å². The Morgan fingerprint density at radius 1 is 1.00 bits per heavy atom. The summed E-state index contributed by atoms with van der Waals surface area (Å²) in [6.07, 6.45) is -4.72. The SMILES string of the molecule is CN1CCN(c2ccc(NC(=O)CCc3ccc(F)c(F)c3)c(C(F)(F)F)c2)CC1. The zero-order valence-corrected chi connectivity index (χ0v) is 16.4. The van der Waals surface area contributed by atoms with Crippen LogP contribution in [-0.2, 0) is 17.4 Å². The van der Waals surface area contributed by atoms with Crippen molar-refractivity contribution in [3.63, 3.8) is 0 Å². The first-order valence-electron chi connectivity index (χ1n) is 9.52. The normalized spacial score (nSPS) is 15.3. The summed E-state index contributed by atoms with van der Waals surface area (Å²) in [7, 11) is 1.96. The summed E-state index contributed by atoms with van der Waals surface area (Å²) in [5.74, 6) is -2.68. The highest BCUT2D eigenvalue weighted by molar-refractivity contribution is 5.92. The molecular weight excluding hydrogens is 405 g/mol. The van der Waals surface area contributed by atoms with E-state index in [2.05, 4.69) is 10.2 Å². The molecule has 1 N–H and O–H groups in total. The van der Waals surface area contributed by atoms with E-state index in [9.17, 15) is 26.7 Å². The lowest BCUT2D eigenvalue weighted by Crippen LogP contribution is -2.44. The molecule has 9 heteroatoms. The summed E-state index contributed by atoms with van der Waals surface area (Å²) in [6.45, 7) is 2.75. The number of alkyl halides is 3. The Morgan fingerprint density at radius 2 is 1.70 bits per heavy atom. The van der Waals surface area contributed by atoms with Crippen molar-refractivity contribution in [1.82, 2.24) is 4.90 Å². The van der Waals surface area contributed by atoms with Crippen LogP contribution in [-0.4, -0.2) is 44.0 Å². The van der Waals surface area contributed by atoms with Crippen LogP contribution in [0.15, 0.2) is 36.4 Å². The molecular formula is C21H22F5N3O. The molecule has 1 heterocycles. The highest BCUT2D eigenvalue weighted by atomic mass is 19.4. The van der Waals surface area contributed by atoms with E-state index < -0.39 is 29.3 Å². The molecule has 30 heavy (non-hydrogen) atoms. The Hall–Kier alpha value is -2.68. The fraction of sp³-hybridized carbons (Fsp3) is 0.381. The third-order valence-corrected chi connectivity index (χ3v) is 5.08. The maximum absolute atomic E-state index is 13.6. The molecule has 1 saturated heterocycles. The third kappa shape index (κ3) is 5.47. The van der Waals surface area contributed by atoms with Crippen molar-refractivity contribution < 1.29 is 26.7 Å². The Morgan fingerprint density at radius 3 is 2.33 bits per heavy atom. The lowest BCUT2D eigenvalue weighted by atomic mass is 10.1. The van der Waals surface area contributed by atoms with Crippen LogP contribution < -0.4 is 10.2 Å². The number of nitrogens with one attached hydrogen (secondary N) is 1. The average molecular weight is 427 g/mol. The minimum absolute atomic E-state index is 0.0732. The van der Waals surface area contributed by atoms with Crippen LogP contribution in [0.4, 0.5) is 33.3 Å². The number of halogens is 5. The predicted octanol–water partition coefficient (Wildman–Crippen LogP) is 4.31. The molecule has 0 unspecified atom stereocenters. The fourth-order valence-corrected chi connectivity index (χ4v) is 3.30. The first-order chi connectivity index (χ1) is 14.1. The van der Waals surface area contributed by atoms with Gasteiger partial charge in [-0.3, -0.25) is 4.79 Å². The monoisotopic (exact) mass is 427 g/mol. The molecule has 0 bridgehead atoms. The number of nitrogens with zero attached hydrogens (tertiary/aromatic N) is 2. The van der Waals surface area contributed by atoms with Crippen molar-refractivity contribution in [2.24, 2.45) is 0 Å². The lowest BCUT2D eigenvalue weighted by molar-refractivity contribution is -0.136. The van der Waals surface area contributed by atoms with Crippen LogP contribution in [0.1, 0.15) is 17.5 Å². The van der Waals surface area contributed by atoms with E-state index in [1.807, 2.05) is 11.9 Å². The van der Waals surface area contributed by atoms with Gasteiger partial charge in [-0.1, -0.05) is 6.07 Å². The lowest BCUT2D eigenvalue weighted by Gasteiger charge is -2.34. The molecule has 2 aromatic carbocycles. The van der Waals surface area contributed by atoms with E-state index >= 15 is 0 Å². The molecule has 0 atom stereocenters. The van der Waals surface area contributed by atoms with E-state index in [4.69, 9.17) is 0 Å². The zero-order chi connectivity index (χ0) is 21.9. The zero-order valence-electron chi connectivity index (χ0n) is 16.4. The number of benzene rings is 2. The first kappa shape index (κ1) is 22.0. The molecule has 1 amide bonds. The molecule has 0 aromatic heterocycles. The molecule has 1 fully saturated rings. The number of carbonyl (C=O) groups excluding carboxylic acids is 1.